The third kappa shape index (κ3) is 1.60. The van der Waals surface area contributed by atoms with Crippen LogP contribution in [-0.2, 0) is 0 Å². The van der Waals surface area contributed by atoms with Gasteiger partial charge in [-0.15, -0.1) is 0 Å². The van der Waals surface area contributed by atoms with E-state index in [4.69, 9.17) is 11.6 Å². The summed E-state index contributed by atoms with van der Waals surface area (Å²) >= 11 is 6.25. The number of benzene rings is 1. The topological polar surface area (TPSA) is 29.9 Å². The van der Waals surface area contributed by atoms with E-state index in [2.05, 4.69) is 14.9 Å². The Hall–Kier alpha value is -1.06. The molecule has 16 heavy (non-hydrogen) atoms. The highest BCUT2D eigenvalue weighted by Gasteiger charge is 2.17. The Kier molecular flexibility index (Phi) is 2.58. The van der Waals surface area contributed by atoms with Gasteiger partial charge in [-0.3, -0.25) is 0 Å². The summed E-state index contributed by atoms with van der Waals surface area (Å²) < 4.78 is 2.23. The molecule has 3 nitrogen and oxygen atoms in total. The molecule has 2 heterocycles. The van der Waals surface area contributed by atoms with Crippen LogP contribution in [0.4, 0.5) is 0 Å². The largest absolute Gasteiger partial charge is 0.326 e. The minimum Gasteiger partial charge on any atom is -0.326 e. The van der Waals surface area contributed by atoms with E-state index in [1.165, 1.54) is 0 Å². The van der Waals surface area contributed by atoms with Gasteiger partial charge in [0.15, 0.2) is 0 Å². The van der Waals surface area contributed by atoms with Crippen LogP contribution in [0, 0.1) is 0 Å². The lowest BCUT2D eigenvalue weighted by Gasteiger charge is -2.24. The van der Waals surface area contributed by atoms with Gasteiger partial charge in [0.05, 0.1) is 22.4 Å². The van der Waals surface area contributed by atoms with Gasteiger partial charge < -0.3 is 9.88 Å². The lowest BCUT2D eigenvalue weighted by molar-refractivity contribution is 0.375. The number of rotatable bonds is 1. The Morgan fingerprint density at radius 1 is 1.31 bits per heavy atom. The van der Waals surface area contributed by atoms with Crippen molar-refractivity contribution in [3.05, 3.63) is 29.5 Å². The molecule has 4 heteroatoms. The average molecular weight is 236 g/mol. The van der Waals surface area contributed by atoms with Crippen molar-refractivity contribution >= 4 is 22.6 Å². The summed E-state index contributed by atoms with van der Waals surface area (Å²) in [4.78, 5) is 4.41. The first kappa shape index (κ1) is 10.1. The highest BCUT2D eigenvalue weighted by atomic mass is 35.5. The molecule has 3 rings (SSSR count). The number of imidazole rings is 1. The smallest absolute Gasteiger partial charge is 0.0961 e. The van der Waals surface area contributed by atoms with Gasteiger partial charge in [0.25, 0.3) is 0 Å². The Balaban J connectivity index is 2.09. The molecule has 1 N–H and O–H groups in total. The van der Waals surface area contributed by atoms with Gasteiger partial charge in [0.2, 0.25) is 0 Å². The minimum atomic E-state index is 0.533. The maximum Gasteiger partial charge on any atom is 0.0961 e. The molecule has 1 aromatic heterocycles. The van der Waals surface area contributed by atoms with E-state index in [1.807, 2.05) is 24.5 Å². The maximum absolute atomic E-state index is 6.25. The summed E-state index contributed by atoms with van der Waals surface area (Å²) in [7, 11) is 0. The maximum atomic E-state index is 6.25. The van der Waals surface area contributed by atoms with E-state index in [0.717, 1.165) is 42.0 Å². The van der Waals surface area contributed by atoms with Crippen LogP contribution in [0.25, 0.3) is 11.0 Å². The van der Waals surface area contributed by atoms with E-state index in [-0.39, 0.29) is 0 Å². The average Bonchev–Trinajstić information content (AvgIpc) is 2.75. The fourth-order valence-corrected chi connectivity index (χ4v) is 2.67. The van der Waals surface area contributed by atoms with Crippen LogP contribution in [0.15, 0.2) is 24.5 Å². The summed E-state index contributed by atoms with van der Waals surface area (Å²) in [5.41, 5.74) is 2.07. The Morgan fingerprint density at radius 2 is 2.12 bits per heavy atom. The number of nitrogens with one attached hydrogen (secondary N) is 1. The lowest BCUT2D eigenvalue weighted by atomic mass is 10.1. The van der Waals surface area contributed by atoms with Crippen molar-refractivity contribution in [2.24, 2.45) is 0 Å². The molecule has 0 spiro atoms. The lowest BCUT2D eigenvalue weighted by Crippen LogP contribution is -2.29. The molecule has 1 saturated heterocycles. The SMILES string of the molecule is Clc1cccc2ncn(C3CCNCC3)c12. The fourth-order valence-electron chi connectivity index (χ4n) is 2.41. The van der Waals surface area contributed by atoms with Crippen LogP contribution in [0.3, 0.4) is 0 Å². The monoisotopic (exact) mass is 235 g/mol. The van der Waals surface area contributed by atoms with Crippen LogP contribution in [0.2, 0.25) is 5.02 Å². The number of hydrogen-bond acceptors (Lipinski definition) is 2. The van der Waals surface area contributed by atoms with Crippen molar-refractivity contribution in [2.45, 2.75) is 18.9 Å². The van der Waals surface area contributed by atoms with Crippen molar-refractivity contribution in [3.63, 3.8) is 0 Å². The molecule has 1 fully saturated rings. The molecule has 1 aliphatic rings. The summed E-state index contributed by atoms with van der Waals surface area (Å²) in [6.45, 7) is 2.16. The normalized spacial score (nSPS) is 18.1. The molecular weight excluding hydrogens is 222 g/mol. The van der Waals surface area contributed by atoms with Gasteiger partial charge in [-0.05, 0) is 38.1 Å². The summed E-state index contributed by atoms with van der Waals surface area (Å²) in [5, 5.41) is 4.17. The van der Waals surface area contributed by atoms with Crippen LogP contribution in [0.5, 0.6) is 0 Å². The molecule has 0 atom stereocenters. The summed E-state index contributed by atoms with van der Waals surface area (Å²) in [6, 6.07) is 6.43. The van der Waals surface area contributed by atoms with Gasteiger partial charge in [0, 0.05) is 6.04 Å². The van der Waals surface area contributed by atoms with E-state index in [0.29, 0.717) is 6.04 Å². The summed E-state index contributed by atoms with van der Waals surface area (Å²) in [5.74, 6) is 0. The number of hydrogen-bond donors (Lipinski definition) is 1. The molecule has 84 valence electrons. The van der Waals surface area contributed by atoms with Gasteiger partial charge in [-0.2, -0.15) is 0 Å². The van der Waals surface area contributed by atoms with E-state index in [9.17, 15) is 0 Å². The third-order valence-electron chi connectivity index (χ3n) is 3.25. The van der Waals surface area contributed by atoms with Crippen LogP contribution in [0.1, 0.15) is 18.9 Å². The number of para-hydroxylation sites is 1. The fraction of sp³-hybridized carbons (Fsp3) is 0.417. The van der Waals surface area contributed by atoms with Crippen molar-refractivity contribution in [3.8, 4) is 0 Å². The predicted molar refractivity (Wildman–Crippen MR) is 65.9 cm³/mol. The number of fused-ring (bicyclic) bond motifs is 1. The van der Waals surface area contributed by atoms with Gasteiger partial charge in [-0.1, -0.05) is 17.7 Å². The number of aromatic nitrogens is 2. The first-order valence-electron chi connectivity index (χ1n) is 5.68. The van der Waals surface area contributed by atoms with Crippen molar-refractivity contribution in [1.82, 2.24) is 14.9 Å². The molecule has 2 aromatic rings. The van der Waals surface area contributed by atoms with Gasteiger partial charge in [-0.25, -0.2) is 4.98 Å². The van der Waals surface area contributed by atoms with E-state index >= 15 is 0 Å². The second-order valence-corrected chi connectivity index (χ2v) is 4.65. The molecule has 1 aromatic carbocycles. The molecule has 0 radical (unpaired) electrons. The minimum absolute atomic E-state index is 0.533. The second kappa shape index (κ2) is 4.07. The molecule has 1 aliphatic heterocycles. The van der Waals surface area contributed by atoms with Crippen molar-refractivity contribution < 1.29 is 0 Å². The highest BCUT2D eigenvalue weighted by molar-refractivity contribution is 6.34. The standard InChI is InChI=1S/C12H14ClN3/c13-10-2-1-3-11-12(10)16(8-15-11)9-4-6-14-7-5-9/h1-3,8-9,14H,4-7H2. The zero-order valence-corrected chi connectivity index (χ0v) is 9.74. The van der Waals surface area contributed by atoms with Crippen LogP contribution < -0.4 is 5.32 Å². The van der Waals surface area contributed by atoms with Crippen molar-refractivity contribution in [1.29, 1.82) is 0 Å². The Labute approximate surface area is 99.4 Å². The van der Waals surface area contributed by atoms with Crippen LogP contribution >= 0.6 is 11.6 Å². The number of halogens is 1. The first-order chi connectivity index (χ1) is 7.86. The zero-order chi connectivity index (χ0) is 11.0. The summed E-state index contributed by atoms with van der Waals surface area (Å²) in [6.07, 6.45) is 4.22. The molecule has 0 unspecified atom stereocenters. The highest BCUT2D eigenvalue weighted by Crippen LogP contribution is 2.28. The van der Waals surface area contributed by atoms with E-state index < -0.39 is 0 Å². The first-order valence-corrected chi connectivity index (χ1v) is 6.06. The van der Waals surface area contributed by atoms with Gasteiger partial charge >= 0.3 is 0 Å². The molecular formula is C12H14ClN3. The second-order valence-electron chi connectivity index (χ2n) is 4.24. The molecule has 0 saturated carbocycles. The number of nitrogens with zero attached hydrogens (tertiary/aromatic N) is 2. The molecule has 0 bridgehead atoms. The quantitative estimate of drug-likeness (QED) is 0.824. The van der Waals surface area contributed by atoms with Crippen molar-refractivity contribution in [2.75, 3.05) is 13.1 Å². The Morgan fingerprint density at radius 3 is 2.94 bits per heavy atom. The zero-order valence-electron chi connectivity index (χ0n) is 8.99. The van der Waals surface area contributed by atoms with E-state index in [1.54, 1.807) is 0 Å². The van der Waals surface area contributed by atoms with Gasteiger partial charge in [0.1, 0.15) is 0 Å². The molecule has 0 aliphatic carbocycles. The number of piperidine rings is 1. The third-order valence-corrected chi connectivity index (χ3v) is 3.55. The Bertz CT molecular complexity index is 500. The molecule has 0 amide bonds. The van der Waals surface area contributed by atoms with Crippen LogP contribution in [-0.4, -0.2) is 22.6 Å². The predicted octanol–water partition coefficient (Wildman–Crippen LogP) is 2.61.